The number of hydrogen-bond donors (Lipinski definition) is 2. The fourth-order valence-electron chi connectivity index (χ4n) is 2.05. The van der Waals surface area contributed by atoms with E-state index in [4.69, 9.17) is 0 Å². The second kappa shape index (κ2) is 8.62. The molecule has 7 heteroatoms. The summed E-state index contributed by atoms with van der Waals surface area (Å²) in [6.45, 7) is 3.50. The number of carbonyl (C=O) groups excluding carboxylic acids is 2. The molecule has 0 fully saturated rings. The number of hydrogen-bond acceptors (Lipinski definition) is 3. The topological polar surface area (TPSA) is 58.2 Å². The summed E-state index contributed by atoms with van der Waals surface area (Å²) in [5, 5.41) is 4.90. The van der Waals surface area contributed by atoms with Crippen LogP contribution < -0.4 is 10.6 Å². The zero-order valence-corrected chi connectivity index (χ0v) is 14.7. The van der Waals surface area contributed by atoms with Crippen molar-refractivity contribution in [3.63, 3.8) is 0 Å². The van der Waals surface area contributed by atoms with Crippen molar-refractivity contribution in [3.8, 4) is 0 Å². The van der Waals surface area contributed by atoms with Crippen molar-refractivity contribution < 1.29 is 18.4 Å². The molecule has 2 aromatic rings. The molecule has 0 atom stereocenters. The smallest absolute Gasteiger partial charge is 0.234 e. The van der Waals surface area contributed by atoms with E-state index >= 15 is 0 Å². The van der Waals surface area contributed by atoms with Gasteiger partial charge in [0, 0.05) is 0 Å². The summed E-state index contributed by atoms with van der Waals surface area (Å²) in [5.41, 5.74) is 1.71. The van der Waals surface area contributed by atoms with Gasteiger partial charge in [-0.15, -0.1) is 11.8 Å². The molecule has 132 valence electrons. The van der Waals surface area contributed by atoms with Crippen LogP contribution in [0.15, 0.2) is 36.4 Å². The van der Waals surface area contributed by atoms with Crippen molar-refractivity contribution in [1.82, 2.24) is 0 Å². The Morgan fingerprint density at radius 2 is 1.24 bits per heavy atom. The Bertz CT molecular complexity index is 731. The number of amides is 2. The number of carbonyl (C=O) groups is 2. The lowest BCUT2D eigenvalue weighted by Gasteiger charge is -2.08. The highest BCUT2D eigenvalue weighted by molar-refractivity contribution is 8.00. The first-order valence-corrected chi connectivity index (χ1v) is 8.70. The maximum atomic E-state index is 13.6. The second-order valence-electron chi connectivity index (χ2n) is 5.56. The minimum absolute atomic E-state index is 0.0167. The van der Waals surface area contributed by atoms with Crippen molar-refractivity contribution >= 4 is 35.0 Å². The minimum Gasteiger partial charge on any atom is -0.323 e. The third-order valence-electron chi connectivity index (χ3n) is 3.26. The van der Waals surface area contributed by atoms with E-state index in [1.165, 1.54) is 24.3 Å². The van der Waals surface area contributed by atoms with Gasteiger partial charge < -0.3 is 10.6 Å². The van der Waals surface area contributed by atoms with Crippen LogP contribution in [0.2, 0.25) is 0 Å². The summed E-state index contributed by atoms with van der Waals surface area (Å²) >= 11 is 1.06. The molecular formula is C18H18F2N2O2S. The van der Waals surface area contributed by atoms with E-state index in [1.807, 2.05) is 0 Å². The Morgan fingerprint density at radius 3 is 1.60 bits per heavy atom. The molecule has 2 amide bonds. The first-order chi connectivity index (χ1) is 11.8. The standard InChI is InChI=1S/C18H18F2N2O2S/c1-11-3-5-15(13(19)7-11)21-17(23)9-25-10-18(24)22-16-6-4-12(2)8-14(16)20/h3-8H,9-10H2,1-2H3,(H,21,23)(H,22,24). The van der Waals surface area contributed by atoms with Crippen molar-refractivity contribution in [3.05, 3.63) is 59.2 Å². The summed E-state index contributed by atoms with van der Waals surface area (Å²) in [6, 6.07) is 9.00. The van der Waals surface area contributed by atoms with Gasteiger partial charge in [0.05, 0.1) is 22.9 Å². The van der Waals surface area contributed by atoms with E-state index in [9.17, 15) is 18.4 Å². The second-order valence-corrected chi connectivity index (χ2v) is 6.54. The van der Waals surface area contributed by atoms with Gasteiger partial charge in [0.15, 0.2) is 0 Å². The average molecular weight is 364 g/mol. The lowest BCUT2D eigenvalue weighted by atomic mass is 10.2. The van der Waals surface area contributed by atoms with Gasteiger partial charge in [0.2, 0.25) is 11.8 Å². The molecule has 0 spiro atoms. The molecule has 0 aromatic heterocycles. The first kappa shape index (κ1) is 18.9. The molecule has 0 radical (unpaired) electrons. The van der Waals surface area contributed by atoms with Gasteiger partial charge >= 0.3 is 0 Å². The molecule has 2 N–H and O–H groups in total. The van der Waals surface area contributed by atoms with Gasteiger partial charge in [-0.2, -0.15) is 0 Å². The summed E-state index contributed by atoms with van der Waals surface area (Å²) < 4.78 is 27.3. The van der Waals surface area contributed by atoms with Crippen LogP contribution in [0.1, 0.15) is 11.1 Å². The quantitative estimate of drug-likeness (QED) is 0.818. The van der Waals surface area contributed by atoms with E-state index < -0.39 is 23.4 Å². The Morgan fingerprint density at radius 1 is 0.840 bits per heavy atom. The predicted molar refractivity (Wildman–Crippen MR) is 96.9 cm³/mol. The number of halogens is 2. The Hall–Kier alpha value is -2.41. The predicted octanol–water partition coefficient (Wildman–Crippen LogP) is 3.89. The average Bonchev–Trinajstić information content (AvgIpc) is 2.53. The fraction of sp³-hybridized carbons (Fsp3) is 0.222. The van der Waals surface area contributed by atoms with E-state index in [2.05, 4.69) is 10.6 Å². The van der Waals surface area contributed by atoms with Crippen LogP contribution in [0.5, 0.6) is 0 Å². The maximum Gasteiger partial charge on any atom is 0.234 e. The molecular weight excluding hydrogens is 346 g/mol. The number of rotatable bonds is 6. The molecule has 0 aliphatic rings. The molecule has 0 heterocycles. The number of thioether (sulfide) groups is 1. The third-order valence-corrected chi connectivity index (χ3v) is 4.20. The van der Waals surface area contributed by atoms with Gasteiger partial charge in [-0.3, -0.25) is 9.59 Å². The van der Waals surface area contributed by atoms with Crippen molar-refractivity contribution in [2.45, 2.75) is 13.8 Å². The lowest BCUT2D eigenvalue weighted by molar-refractivity contribution is -0.114. The zero-order chi connectivity index (χ0) is 18.4. The molecule has 0 saturated heterocycles. The highest BCUT2D eigenvalue weighted by Crippen LogP contribution is 2.17. The number of anilines is 2. The van der Waals surface area contributed by atoms with E-state index in [0.717, 1.165) is 22.9 Å². The number of benzene rings is 2. The van der Waals surface area contributed by atoms with Gasteiger partial charge in [0.25, 0.3) is 0 Å². The minimum atomic E-state index is -0.508. The molecule has 2 rings (SSSR count). The first-order valence-electron chi connectivity index (χ1n) is 7.55. The van der Waals surface area contributed by atoms with Crippen molar-refractivity contribution in [2.75, 3.05) is 22.1 Å². The summed E-state index contributed by atoms with van der Waals surface area (Å²) in [6.07, 6.45) is 0. The van der Waals surface area contributed by atoms with Crippen LogP contribution in [-0.4, -0.2) is 23.3 Å². The van der Waals surface area contributed by atoms with Crippen LogP contribution in [-0.2, 0) is 9.59 Å². The van der Waals surface area contributed by atoms with Crippen LogP contribution in [0.4, 0.5) is 20.2 Å². The number of nitrogens with one attached hydrogen (secondary N) is 2. The molecule has 25 heavy (non-hydrogen) atoms. The Kier molecular flexibility index (Phi) is 6.52. The van der Waals surface area contributed by atoms with E-state index in [0.29, 0.717) is 0 Å². The monoisotopic (exact) mass is 364 g/mol. The highest BCUT2D eigenvalue weighted by atomic mass is 32.2. The van der Waals surface area contributed by atoms with Gasteiger partial charge in [0.1, 0.15) is 11.6 Å². The molecule has 0 unspecified atom stereocenters. The number of aryl methyl sites for hydroxylation is 2. The van der Waals surface area contributed by atoms with Crippen LogP contribution in [0.25, 0.3) is 0 Å². The van der Waals surface area contributed by atoms with Crippen LogP contribution >= 0.6 is 11.8 Å². The third kappa shape index (κ3) is 5.86. The van der Waals surface area contributed by atoms with Crippen molar-refractivity contribution in [2.24, 2.45) is 0 Å². The molecule has 0 bridgehead atoms. The normalized spacial score (nSPS) is 10.4. The van der Waals surface area contributed by atoms with Crippen LogP contribution in [0.3, 0.4) is 0 Å². The Labute approximate surface area is 149 Å². The summed E-state index contributed by atoms with van der Waals surface area (Å²) in [7, 11) is 0. The molecule has 0 aliphatic carbocycles. The highest BCUT2D eigenvalue weighted by Gasteiger charge is 2.10. The lowest BCUT2D eigenvalue weighted by Crippen LogP contribution is -2.19. The van der Waals surface area contributed by atoms with Crippen molar-refractivity contribution in [1.29, 1.82) is 0 Å². The Balaban J connectivity index is 1.77. The zero-order valence-electron chi connectivity index (χ0n) is 13.9. The van der Waals surface area contributed by atoms with Gasteiger partial charge in [-0.05, 0) is 49.2 Å². The molecule has 2 aromatic carbocycles. The molecule has 0 saturated carbocycles. The summed E-state index contributed by atoms with van der Waals surface area (Å²) in [5.74, 6) is -1.88. The van der Waals surface area contributed by atoms with Gasteiger partial charge in [-0.1, -0.05) is 12.1 Å². The van der Waals surface area contributed by atoms with E-state index in [-0.39, 0.29) is 22.9 Å². The molecule has 4 nitrogen and oxygen atoms in total. The molecule has 0 aliphatic heterocycles. The fourth-order valence-corrected chi connectivity index (χ4v) is 2.67. The largest absolute Gasteiger partial charge is 0.323 e. The maximum absolute atomic E-state index is 13.6. The van der Waals surface area contributed by atoms with Gasteiger partial charge in [-0.25, -0.2) is 8.78 Å². The van der Waals surface area contributed by atoms with E-state index in [1.54, 1.807) is 26.0 Å². The van der Waals surface area contributed by atoms with Crippen LogP contribution in [0, 0.1) is 25.5 Å². The SMILES string of the molecule is Cc1ccc(NC(=O)CSCC(=O)Nc2ccc(C)cc2F)c(F)c1. The summed E-state index contributed by atoms with van der Waals surface area (Å²) in [4.78, 5) is 23.6.